The van der Waals surface area contributed by atoms with E-state index >= 15 is 0 Å². The Morgan fingerprint density at radius 2 is 1.19 bits per heavy atom. The van der Waals surface area contributed by atoms with Crippen LogP contribution in [0.1, 0.15) is 42.9 Å². The van der Waals surface area contributed by atoms with Crippen LogP contribution in [0.15, 0.2) is 92.0 Å². The summed E-state index contributed by atoms with van der Waals surface area (Å²) in [5, 5.41) is 0. The minimum absolute atomic E-state index is 0.791. The highest BCUT2D eigenvalue weighted by Crippen LogP contribution is 2.28. The smallest absolute Gasteiger partial charge is 0.00256 e. The maximum absolute atomic E-state index is 4.29. The van der Waals surface area contributed by atoms with Gasteiger partial charge in [0.1, 0.15) is 0 Å². The Bertz CT molecular complexity index is 881. The van der Waals surface area contributed by atoms with Crippen molar-refractivity contribution in [1.82, 2.24) is 0 Å². The van der Waals surface area contributed by atoms with Gasteiger partial charge in [0.05, 0.1) is 0 Å². The predicted molar refractivity (Wildman–Crippen MR) is 120 cm³/mol. The molecule has 0 aliphatic heterocycles. The van der Waals surface area contributed by atoms with Gasteiger partial charge in [-0.2, -0.15) is 0 Å². The fourth-order valence-electron chi connectivity index (χ4n) is 3.28. The van der Waals surface area contributed by atoms with Crippen molar-refractivity contribution >= 4 is 11.1 Å². The summed E-state index contributed by atoms with van der Waals surface area (Å²) in [6, 6.07) is 28.0. The second kappa shape index (κ2) is 9.19. The minimum Gasteiger partial charge on any atom is -0.0949 e. The first-order valence-corrected chi connectivity index (χ1v) is 9.78. The second-order valence-corrected chi connectivity index (χ2v) is 7.13. The van der Waals surface area contributed by atoms with Crippen LogP contribution in [0.25, 0.3) is 22.3 Å². The van der Waals surface area contributed by atoms with Gasteiger partial charge < -0.3 is 0 Å². The standard InChI is InChI=1S/C27H28/c1-4-5-9-23-12-14-24(15-13-23)21(2)20-22(3)25-16-18-27(19-17-25)26-10-7-6-8-11-26/h6-8,10-19H,2-5,9,20H2,1H3. The molecule has 0 heterocycles. The maximum Gasteiger partial charge on any atom is -0.00256 e. The van der Waals surface area contributed by atoms with Gasteiger partial charge >= 0.3 is 0 Å². The SMILES string of the molecule is C=C(CC(=C)c1ccc(-c2ccccc2)cc1)c1ccc(CCCC)cc1. The van der Waals surface area contributed by atoms with Gasteiger partial charge in [-0.3, -0.25) is 0 Å². The molecule has 0 amide bonds. The van der Waals surface area contributed by atoms with Crippen molar-refractivity contribution in [1.29, 1.82) is 0 Å². The molecule has 0 unspecified atom stereocenters. The quantitative estimate of drug-likeness (QED) is 0.388. The Hall–Kier alpha value is -2.86. The number of allylic oxidation sites excluding steroid dienone is 2. The molecule has 0 fully saturated rings. The van der Waals surface area contributed by atoms with E-state index in [4.69, 9.17) is 0 Å². The maximum atomic E-state index is 4.29. The highest BCUT2D eigenvalue weighted by atomic mass is 14.1. The molecule has 0 saturated heterocycles. The molecule has 136 valence electrons. The van der Waals surface area contributed by atoms with Crippen LogP contribution in [0.3, 0.4) is 0 Å². The predicted octanol–water partition coefficient (Wildman–Crippen LogP) is 7.81. The number of rotatable bonds is 8. The van der Waals surface area contributed by atoms with Crippen molar-refractivity contribution in [2.45, 2.75) is 32.6 Å². The number of aryl methyl sites for hydroxylation is 1. The molecular formula is C27H28. The van der Waals surface area contributed by atoms with E-state index in [1.165, 1.54) is 40.7 Å². The minimum atomic E-state index is 0.791. The largest absolute Gasteiger partial charge is 0.0949 e. The molecule has 3 aromatic rings. The fraction of sp³-hybridized carbons (Fsp3) is 0.185. The van der Waals surface area contributed by atoms with Crippen LogP contribution < -0.4 is 0 Å². The average Bonchev–Trinajstić information content (AvgIpc) is 2.73. The van der Waals surface area contributed by atoms with Crippen LogP contribution in [0.5, 0.6) is 0 Å². The Kier molecular flexibility index (Phi) is 6.44. The lowest BCUT2D eigenvalue weighted by molar-refractivity contribution is 0.795. The zero-order chi connectivity index (χ0) is 19.1. The summed E-state index contributed by atoms with van der Waals surface area (Å²) in [7, 11) is 0. The summed E-state index contributed by atoms with van der Waals surface area (Å²) in [4.78, 5) is 0. The van der Waals surface area contributed by atoms with Gasteiger partial charge in [0, 0.05) is 0 Å². The molecule has 0 aliphatic rings. The summed E-state index contributed by atoms with van der Waals surface area (Å²) in [6.45, 7) is 10.8. The fourth-order valence-corrected chi connectivity index (χ4v) is 3.28. The van der Waals surface area contributed by atoms with Crippen molar-refractivity contribution in [3.63, 3.8) is 0 Å². The summed E-state index contributed by atoms with van der Waals surface area (Å²) >= 11 is 0. The monoisotopic (exact) mass is 352 g/mol. The summed E-state index contributed by atoms with van der Waals surface area (Å²) in [5.74, 6) is 0. The molecule has 0 aliphatic carbocycles. The highest BCUT2D eigenvalue weighted by Gasteiger charge is 2.05. The van der Waals surface area contributed by atoms with Crippen LogP contribution in [-0.2, 0) is 6.42 Å². The number of hydrogen-bond donors (Lipinski definition) is 0. The van der Waals surface area contributed by atoms with Crippen LogP contribution in [-0.4, -0.2) is 0 Å². The number of benzene rings is 3. The summed E-state index contributed by atoms with van der Waals surface area (Å²) in [6.07, 6.45) is 4.43. The highest BCUT2D eigenvalue weighted by molar-refractivity contribution is 5.78. The molecule has 0 nitrogen and oxygen atoms in total. The third kappa shape index (κ3) is 5.08. The average molecular weight is 353 g/mol. The molecule has 0 N–H and O–H groups in total. The van der Waals surface area contributed by atoms with Gasteiger partial charge in [0.25, 0.3) is 0 Å². The summed E-state index contributed by atoms with van der Waals surface area (Å²) < 4.78 is 0. The molecule has 0 saturated carbocycles. The van der Waals surface area contributed by atoms with E-state index in [9.17, 15) is 0 Å². The van der Waals surface area contributed by atoms with E-state index in [0.29, 0.717) is 0 Å². The van der Waals surface area contributed by atoms with Crippen molar-refractivity contribution in [3.8, 4) is 11.1 Å². The van der Waals surface area contributed by atoms with Crippen LogP contribution in [0.2, 0.25) is 0 Å². The first kappa shape index (κ1) is 18.9. The van der Waals surface area contributed by atoms with E-state index in [0.717, 1.165) is 24.0 Å². The second-order valence-electron chi connectivity index (χ2n) is 7.13. The Balaban J connectivity index is 1.63. The number of unbranched alkanes of at least 4 members (excludes halogenated alkanes) is 1. The third-order valence-electron chi connectivity index (χ3n) is 5.01. The van der Waals surface area contributed by atoms with Crippen molar-refractivity contribution in [2.75, 3.05) is 0 Å². The van der Waals surface area contributed by atoms with E-state index in [1.54, 1.807) is 0 Å². The molecule has 0 radical (unpaired) electrons. The third-order valence-corrected chi connectivity index (χ3v) is 5.01. The Morgan fingerprint density at radius 3 is 1.74 bits per heavy atom. The molecule has 0 bridgehead atoms. The molecular weight excluding hydrogens is 324 g/mol. The van der Waals surface area contributed by atoms with Gasteiger partial charge in [-0.15, -0.1) is 0 Å². The first-order valence-electron chi connectivity index (χ1n) is 9.78. The van der Waals surface area contributed by atoms with E-state index < -0.39 is 0 Å². The van der Waals surface area contributed by atoms with Gasteiger partial charge in [-0.25, -0.2) is 0 Å². The van der Waals surface area contributed by atoms with Crippen LogP contribution >= 0.6 is 0 Å². The van der Waals surface area contributed by atoms with Gasteiger partial charge in [0.15, 0.2) is 0 Å². The van der Waals surface area contributed by atoms with E-state index in [-0.39, 0.29) is 0 Å². The van der Waals surface area contributed by atoms with Crippen LogP contribution in [0.4, 0.5) is 0 Å². The van der Waals surface area contributed by atoms with Crippen molar-refractivity contribution in [3.05, 3.63) is 109 Å². The normalized spacial score (nSPS) is 10.6. The molecule has 0 aromatic heterocycles. The van der Waals surface area contributed by atoms with Crippen molar-refractivity contribution in [2.24, 2.45) is 0 Å². The van der Waals surface area contributed by atoms with E-state index in [1.807, 2.05) is 6.07 Å². The number of hydrogen-bond acceptors (Lipinski definition) is 0. The van der Waals surface area contributed by atoms with Crippen LogP contribution in [0, 0.1) is 0 Å². The topological polar surface area (TPSA) is 0 Å². The molecule has 0 atom stereocenters. The van der Waals surface area contributed by atoms with Gasteiger partial charge in [-0.05, 0) is 58.2 Å². The molecule has 0 heteroatoms. The van der Waals surface area contributed by atoms with E-state index in [2.05, 4.69) is 92.9 Å². The van der Waals surface area contributed by atoms with Gasteiger partial charge in [0.2, 0.25) is 0 Å². The first-order chi connectivity index (χ1) is 13.2. The van der Waals surface area contributed by atoms with Gasteiger partial charge in [-0.1, -0.05) is 105 Å². The Morgan fingerprint density at radius 1 is 0.667 bits per heavy atom. The zero-order valence-electron chi connectivity index (χ0n) is 16.2. The lowest BCUT2D eigenvalue weighted by Gasteiger charge is -2.11. The zero-order valence-corrected chi connectivity index (χ0v) is 16.2. The molecule has 3 aromatic carbocycles. The lowest BCUT2D eigenvalue weighted by Crippen LogP contribution is -1.90. The van der Waals surface area contributed by atoms with Crippen molar-refractivity contribution < 1.29 is 0 Å². The molecule has 27 heavy (non-hydrogen) atoms. The molecule has 3 rings (SSSR count). The Labute approximate surface area is 163 Å². The summed E-state index contributed by atoms with van der Waals surface area (Å²) in [5.41, 5.74) is 8.48. The lowest BCUT2D eigenvalue weighted by atomic mass is 9.94. The molecule has 0 spiro atoms.